The summed E-state index contributed by atoms with van der Waals surface area (Å²) in [5.74, 6) is 1.90. The van der Waals surface area contributed by atoms with Gasteiger partial charge in [0.15, 0.2) is 0 Å². The van der Waals surface area contributed by atoms with E-state index in [1.54, 1.807) is 18.5 Å². The minimum absolute atomic E-state index is 0.196. The number of para-hydroxylation sites is 1. The van der Waals surface area contributed by atoms with Crippen LogP contribution >= 0.6 is 0 Å². The van der Waals surface area contributed by atoms with Crippen molar-refractivity contribution >= 4 is 17.5 Å². The summed E-state index contributed by atoms with van der Waals surface area (Å²) in [6.07, 6.45) is 5.37. The van der Waals surface area contributed by atoms with Gasteiger partial charge in [-0.1, -0.05) is 32.0 Å². The van der Waals surface area contributed by atoms with E-state index in [0.29, 0.717) is 24.2 Å². The molecule has 1 aromatic heterocycles. The average Bonchev–Trinajstić information content (AvgIpc) is 3.00. The van der Waals surface area contributed by atoms with Crippen molar-refractivity contribution < 1.29 is 4.79 Å². The molecule has 1 fully saturated rings. The SMILES string of the molecule is C[C@@H]1C[C@H](C)CN(C(=O)C2Cc3ccccc3N2c2ncccn2)C1. The molecule has 3 atom stereocenters. The first-order valence-electron chi connectivity index (χ1n) is 9.06. The number of nitrogens with zero attached hydrogens (tertiary/aromatic N) is 4. The number of anilines is 2. The summed E-state index contributed by atoms with van der Waals surface area (Å²) in [7, 11) is 0. The second kappa shape index (κ2) is 6.47. The van der Waals surface area contributed by atoms with Crippen LogP contribution in [0.2, 0.25) is 0 Å². The van der Waals surface area contributed by atoms with Crippen LogP contribution in [0.15, 0.2) is 42.7 Å². The topological polar surface area (TPSA) is 49.3 Å². The number of hydrogen-bond donors (Lipinski definition) is 0. The van der Waals surface area contributed by atoms with E-state index in [0.717, 1.165) is 18.8 Å². The maximum Gasteiger partial charge on any atom is 0.246 e. The number of carbonyl (C=O) groups excluding carboxylic acids is 1. The largest absolute Gasteiger partial charge is 0.340 e. The van der Waals surface area contributed by atoms with E-state index in [-0.39, 0.29) is 11.9 Å². The molecule has 5 heteroatoms. The van der Waals surface area contributed by atoms with Gasteiger partial charge in [0.25, 0.3) is 0 Å². The highest BCUT2D eigenvalue weighted by atomic mass is 16.2. The molecule has 130 valence electrons. The van der Waals surface area contributed by atoms with Crippen molar-refractivity contribution in [1.29, 1.82) is 0 Å². The van der Waals surface area contributed by atoms with Crippen LogP contribution in [0.25, 0.3) is 0 Å². The first-order chi connectivity index (χ1) is 12.1. The van der Waals surface area contributed by atoms with Crippen LogP contribution in [0, 0.1) is 11.8 Å². The van der Waals surface area contributed by atoms with Crippen molar-refractivity contribution in [2.45, 2.75) is 32.7 Å². The summed E-state index contributed by atoms with van der Waals surface area (Å²) in [6, 6.07) is 9.74. The van der Waals surface area contributed by atoms with Crippen molar-refractivity contribution in [1.82, 2.24) is 14.9 Å². The molecule has 1 saturated heterocycles. The standard InChI is InChI=1S/C20H24N4O/c1-14-10-15(2)13-23(12-14)19(25)18-11-16-6-3-4-7-17(16)24(18)20-21-8-5-9-22-20/h3-9,14-15,18H,10-13H2,1-2H3/t14-,15+,18?. The molecule has 3 heterocycles. The van der Waals surface area contributed by atoms with Crippen LogP contribution in [-0.2, 0) is 11.2 Å². The summed E-state index contributed by atoms with van der Waals surface area (Å²) >= 11 is 0. The Morgan fingerprint density at radius 3 is 2.44 bits per heavy atom. The van der Waals surface area contributed by atoms with E-state index in [2.05, 4.69) is 35.9 Å². The predicted octanol–water partition coefficient (Wildman–Crippen LogP) is 3.04. The van der Waals surface area contributed by atoms with Gasteiger partial charge >= 0.3 is 0 Å². The van der Waals surface area contributed by atoms with Gasteiger partial charge in [-0.05, 0) is 36.0 Å². The Hall–Kier alpha value is -2.43. The smallest absolute Gasteiger partial charge is 0.246 e. The minimum Gasteiger partial charge on any atom is -0.340 e. The number of fused-ring (bicyclic) bond motifs is 1. The first kappa shape index (κ1) is 16.1. The molecule has 0 spiro atoms. The molecule has 2 aliphatic heterocycles. The van der Waals surface area contributed by atoms with Gasteiger partial charge in [0.2, 0.25) is 11.9 Å². The second-order valence-corrected chi connectivity index (χ2v) is 7.46. The average molecular weight is 336 g/mol. The first-order valence-corrected chi connectivity index (χ1v) is 9.06. The number of piperidine rings is 1. The molecule has 0 bridgehead atoms. The van der Waals surface area contributed by atoms with Gasteiger partial charge in [-0.3, -0.25) is 9.69 Å². The summed E-state index contributed by atoms with van der Waals surface area (Å²) in [6.45, 7) is 6.16. The fraction of sp³-hybridized carbons (Fsp3) is 0.450. The van der Waals surface area contributed by atoms with Crippen molar-refractivity contribution in [3.05, 3.63) is 48.3 Å². The Labute approximate surface area is 148 Å². The number of likely N-dealkylation sites (tertiary alicyclic amines) is 1. The zero-order chi connectivity index (χ0) is 17.4. The number of rotatable bonds is 2. The van der Waals surface area contributed by atoms with Crippen LogP contribution in [0.5, 0.6) is 0 Å². The number of amides is 1. The summed E-state index contributed by atoms with van der Waals surface area (Å²) < 4.78 is 0. The summed E-state index contributed by atoms with van der Waals surface area (Å²) in [5, 5.41) is 0. The molecule has 25 heavy (non-hydrogen) atoms. The normalized spacial score (nSPS) is 25.8. The van der Waals surface area contributed by atoms with Crippen molar-refractivity contribution in [2.24, 2.45) is 11.8 Å². The van der Waals surface area contributed by atoms with Crippen LogP contribution in [-0.4, -0.2) is 39.9 Å². The third-order valence-electron chi connectivity index (χ3n) is 5.21. The zero-order valence-corrected chi connectivity index (χ0v) is 14.8. The lowest BCUT2D eigenvalue weighted by Gasteiger charge is -2.38. The maximum absolute atomic E-state index is 13.4. The Morgan fingerprint density at radius 1 is 1.04 bits per heavy atom. The van der Waals surface area contributed by atoms with E-state index in [9.17, 15) is 4.79 Å². The molecule has 0 N–H and O–H groups in total. The molecule has 1 amide bonds. The lowest BCUT2D eigenvalue weighted by atomic mass is 9.91. The van der Waals surface area contributed by atoms with E-state index in [4.69, 9.17) is 0 Å². The minimum atomic E-state index is -0.253. The van der Waals surface area contributed by atoms with Crippen molar-refractivity contribution in [3.63, 3.8) is 0 Å². The van der Waals surface area contributed by atoms with Crippen LogP contribution < -0.4 is 4.90 Å². The fourth-order valence-corrected chi connectivity index (χ4v) is 4.30. The van der Waals surface area contributed by atoms with E-state index in [1.807, 2.05) is 21.9 Å². The summed E-state index contributed by atoms with van der Waals surface area (Å²) in [5.41, 5.74) is 2.23. The Balaban J connectivity index is 1.67. The Kier molecular flexibility index (Phi) is 4.15. The molecule has 1 unspecified atom stereocenters. The Morgan fingerprint density at radius 2 is 1.72 bits per heavy atom. The number of aromatic nitrogens is 2. The van der Waals surface area contributed by atoms with Gasteiger partial charge in [-0.25, -0.2) is 9.97 Å². The van der Waals surface area contributed by atoms with E-state index < -0.39 is 0 Å². The van der Waals surface area contributed by atoms with Crippen LogP contribution in [0.1, 0.15) is 25.8 Å². The van der Waals surface area contributed by atoms with E-state index in [1.165, 1.54) is 12.0 Å². The third kappa shape index (κ3) is 2.99. The van der Waals surface area contributed by atoms with E-state index >= 15 is 0 Å². The maximum atomic E-state index is 13.4. The molecule has 0 radical (unpaired) electrons. The van der Waals surface area contributed by atoms with Crippen molar-refractivity contribution in [3.8, 4) is 0 Å². The molecular formula is C20H24N4O. The molecule has 4 rings (SSSR count). The summed E-state index contributed by atoms with van der Waals surface area (Å²) in [4.78, 5) is 26.3. The molecule has 5 nitrogen and oxygen atoms in total. The zero-order valence-electron chi connectivity index (χ0n) is 14.8. The Bertz CT molecular complexity index is 753. The van der Waals surface area contributed by atoms with Gasteiger partial charge in [-0.15, -0.1) is 0 Å². The fourth-order valence-electron chi connectivity index (χ4n) is 4.30. The lowest BCUT2D eigenvalue weighted by molar-refractivity contribution is -0.135. The predicted molar refractivity (Wildman–Crippen MR) is 97.6 cm³/mol. The molecule has 2 aromatic rings. The van der Waals surface area contributed by atoms with Crippen LogP contribution in [0.3, 0.4) is 0 Å². The lowest BCUT2D eigenvalue weighted by Crippen LogP contribution is -2.51. The van der Waals surface area contributed by atoms with Crippen LogP contribution in [0.4, 0.5) is 11.6 Å². The molecular weight excluding hydrogens is 312 g/mol. The third-order valence-corrected chi connectivity index (χ3v) is 5.21. The van der Waals surface area contributed by atoms with Gasteiger partial charge < -0.3 is 4.90 Å². The molecule has 1 aromatic carbocycles. The molecule has 2 aliphatic rings. The van der Waals surface area contributed by atoms with Gasteiger partial charge in [0.1, 0.15) is 6.04 Å². The number of hydrogen-bond acceptors (Lipinski definition) is 4. The van der Waals surface area contributed by atoms with Gasteiger partial charge in [0, 0.05) is 37.6 Å². The van der Waals surface area contributed by atoms with Gasteiger partial charge in [-0.2, -0.15) is 0 Å². The quantitative estimate of drug-likeness (QED) is 0.846. The van der Waals surface area contributed by atoms with Gasteiger partial charge in [0.05, 0.1) is 0 Å². The highest BCUT2D eigenvalue weighted by molar-refractivity contribution is 5.90. The van der Waals surface area contributed by atoms with Crippen molar-refractivity contribution in [2.75, 3.05) is 18.0 Å². The number of carbonyl (C=O) groups is 1. The second-order valence-electron chi connectivity index (χ2n) is 7.46. The highest BCUT2D eigenvalue weighted by Gasteiger charge is 2.40. The monoisotopic (exact) mass is 336 g/mol. The number of benzene rings is 1. The highest BCUT2D eigenvalue weighted by Crippen LogP contribution is 2.37. The molecule has 0 saturated carbocycles. The molecule has 0 aliphatic carbocycles.